The normalized spacial score (nSPS) is 34.3. The number of rotatable bonds is 5. The third-order valence-corrected chi connectivity index (χ3v) is 4.25. The summed E-state index contributed by atoms with van der Waals surface area (Å²) in [4.78, 5) is 2.50. The Kier molecular flexibility index (Phi) is 5.42. The lowest BCUT2D eigenvalue weighted by molar-refractivity contribution is -0.0382. The van der Waals surface area contributed by atoms with Gasteiger partial charge in [0.1, 0.15) is 0 Å². The van der Waals surface area contributed by atoms with Crippen molar-refractivity contribution in [2.75, 3.05) is 33.4 Å². The zero-order chi connectivity index (χ0) is 13.0. The molecule has 2 rings (SSSR count). The molecule has 1 N–H and O–H groups in total. The van der Waals surface area contributed by atoms with Crippen LogP contribution in [-0.2, 0) is 9.47 Å². The molecule has 18 heavy (non-hydrogen) atoms. The lowest BCUT2D eigenvalue weighted by Gasteiger charge is -2.36. The van der Waals surface area contributed by atoms with Crippen molar-refractivity contribution in [3.8, 4) is 0 Å². The van der Waals surface area contributed by atoms with E-state index in [1.54, 1.807) is 0 Å². The Balaban J connectivity index is 1.67. The van der Waals surface area contributed by atoms with Crippen LogP contribution in [0.15, 0.2) is 0 Å². The molecule has 3 atom stereocenters. The molecule has 3 unspecified atom stereocenters. The van der Waals surface area contributed by atoms with Crippen molar-refractivity contribution in [1.82, 2.24) is 10.2 Å². The number of hydrogen-bond acceptors (Lipinski definition) is 4. The van der Waals surface area contributed by atoms with Crippen LogP contribution >= 0.6 is 0 Å². The highest BCUT2D eigenvalue weighted by Crippen LogP contribution is 2.21. The average Bonchev–Trinajstić information content (AvgIpc) is 2.84. The van der Waals surface area contributed by atoms with Gasteiger partial charge in [-0.3, -0.25) is 4.90 Å². The first-order valence-corrected chi connectivity index (χ1v) is 7.31. The Morgan fingerprint density at radius 2 is 2.22 bits per heavy atom. The van der Waals surface area contributed by atoms with Crippen molar-refractivity contribution >= 4 is 0 Å². The zero-order valence-corrected chi connectivity index (χ0v) is 12.0. The summed E-state index contributed by atoms with van der Waals surface area (Å²) in [5.74, 6) is 0. The molecule has 1 heterocycles. The van der Waals surface area contributed by atoms with Gasteiger partial charge in [0.2, 0.25) is 0 Å². The molecule has 4 nitrogen and oxygen atoms in total. The number of nitrogens with one attached hydrogen (secondary N) is 1. The lowest BCUT2D eigenvalue weighted by atomic mass is 10.2. The van der Waals surface area contributed by atoms with Crippen molar-refractivity contribution in [3.05, 3.63) is 0 Å². The standard InChI is InChI=1S/C14H28N2O2/c1-11(2)16-6-7-18-14(10-16)9-15-12-4-5-13(8-12)17-3/h11-15H,4-10H2,1-3H3. The second kappa shape index (κ2) is 6.85. The molecule has 1 saturated heterocycles. The van der Waals surface area contributed by atoms with E-state index in [4.69, 9.17) is 9.47 Å². The third-order valence-electron chi connectivity index (χ3n) is 4.25. The van der Waals surface area contributed by atoms with Crippen molar-refractivity contribution in [3.63, 3.8) is 0 Å². The van der Waals surface area contributed by atoms with E-state index in [0.717, 1.165) is 32.7 Å². The lowest BCUT2D eigenvalue weighted by Crippen LogP contribution is -2.50. The SMILES string of the molecule is COC1CCC(NCC2CN(C(C)C)CCO2)C1. The van der Waals surface area contributed by atoms with Gasteiger partial charge in [-0.05, 0) is 33.1 Å². The maximum Gasteiger partial charge on any atom is 0.0826 e. The van der Waals surface area contributed by atoms with E-state index in [2.05, 4.69) is 24.1 Å². The topological polar surface area (TPSA) is 33.7 Å². The van der Waals surface area contributed by atoms with E-state index in [1.807, 2.05) is 7.11 Å². The largest absolute Gasteiger partial charge is 0.381 e. The van der Waals surface area contributed by atoms with Gasteiger partial charge in [0.25, 0.3) is 0 Å². The fourth-order valence-electron chi connectivity index (χ4n) is 2.97. The monoisotopic (exact) mass is 256 g/mol. The molecule has 0 aromatic rings. The highest BCUT2D eigenvalue weighted by atomic mass is 16.5. The molecule has 106 valence electrons. The van der Waals surface area contributed by atoms with E-state index in [-0.39, 0.29) is 0 Å². The molecule has 0 aromatic carbocycles. The van der Waals surface area contributed by atoms with Gasteiger partial charge in [-0.25, -0.2) is 0 Å². The minimum Gasteiger partial charge on any atom is -0.381 e. The van der Waals surface area contributed by atoms with Crippen LogP contribution in [0, 0.1) is 0 Å². The van der Waals surface area contributed by atoms with Crippen LogP contribution < -0.4 is 5.32 Å². The molecule has 2 fully saturated rings. The first-order valence-electron chi connectivity index (χ1n) is 7.31. The molecule has 0 amide bonds. The summed E-state index contributed by atoms with van der Waals surface area (Å²) in [6.45, 7) is 8.50. The van der Waals surface area contributed by atoms with Gasteiger partial charge < -0.3 is 14.8 Å². The van der Waals surface area contributed by atoms with Crippen molar-refractivity contribution in [2.45, 2.75) is 57.4 Å². The van der Waals surface area contributed by atoms with Gasteiger partial charge in [-0.2, -0.15) is 0 Å². The summed E-state index contributed by atoms with van der Waals surface area (Å²) in [5.41, 5.74) is 0. The molecule has 1 aliphatic carbocycles. The molecular weight excluding hydrogens is 228 g/mol. The summed E-state index contributed by atoms with van der Waals surface area (Å²) < 4.78 is 11.2. The molecule has 1 aliphatic heterocycles. The van der Waals surface area contributed by atoms with Gasteiger partial charge >= 0.3 is 0 Å². The number of nitrogens with zero attached hydrogens (tertiary/aromatic N) is 1. The van der Waals surface area contributed by atoms with Gasteiger partial charge in [0, 0.05) is 38.8 Å². The van der Waals surface area contributed by atoms with E-state index >= 15 is 0 Å². The third kappa shape index (κ3) is 3.92. The van der Waals surface area contributed by atoms with E-state index < -0.39 is 0 Å². The summed E-state index contributed by atoms with van der Waals surface area (Å²) >= 11 is 0. The second-order valence-electron chi connectivity index (χ2n) is 5.86. The molecule has 1 saturated carbocycles. The van der Waals surface area contributed by atoms with Crippen LogP contribution in [0.4, 0.5) is 0 Å². The second-order valence-corrected chi connectivity index (χ2v) is 5.86. The van der Waals surface area contributed by atoms with E-state index in [1.165, 1.54) is 12.8 Å². The van der Waals surface area contributed by atoms with Crippen LogP contribution in [0.2, 0.25) is 0 Å². The number of ether oxygens (including phenoxy) is 2. The maximum absolute atomic E-state index is 5.84. The summed E-state index contributed by atoms with van der Waals surface area (Å²) in [6.07, 6.45) is 4.39. The summed E-state index contributed by atoms with van der Waals surface area (Å²) in [5, 5.41) is 3.64. The Morgan fingerprint density at radius 3 is 2.89 bits per heavy atom. The van der Waals surface area contributed by atoms with Crippen LogP contribution in [0.5, 0.6) is 0 Å². The molecule has 0 aromatic heterocycles. The zero-order valence-electron chi connectivity index (χ0n) is 12.0. The quantitative estimate of drug-likeness (QED) is 0.803. The van der Waals surface area contributed by atoms with Crippen molar-refractivity contribution < 1.29 is 9.47 Å². The predicted molar refractivity (Wildman–Crippen MR) is 72.9 cm³/mol. The minimum atomic E-state index is 0.350. The summed E-state index contributed by atoms with van der Waals surface area (Å²) in [6, 6.07) is 1.24. The molecule has 2 aliphatic rings. The number of hydrogen-bond donors (Lipinski definition) is 1. The molecule has 0 bridgehead atoms. The van der Waals surface area contributed by atoms with Crippen molar-refractivity contribution in [1.29, 1.82) is 0 Å². The fraction of sp³-hybridized carbons (Fsp3) is 1.00. The van der Waals surface area contributed by atoms with Crippen LogP contribution in [0.1, 0.15) is 33.1 Å². The van der Waals surface area contributed by atoms with Gasteiger partial charge in [0.15, 0.2) is 0 Å². The van der Waals surface area contributed by atoms with Crippen molar-refractivity contribution in [2.24, 2.45) is 0 Å². The maximum atomic E-state index is 5.84. The highest BCUT2D eigenvalue weighted by Gasteiger charge is 2.26. The number of morpholine rings is 1. The fourth-order valence-corrected chi connectivity index (χ4v) is 2.97. The Labute approximate surface area is 111 Å². The molecular formula is C14H28N2O2. The van der Waals surface area contributed by atoms with Gasteiger partial charge in [-0.1, -0.05) is 0 Å². The highest BCUT2D eigenvalue weighted by molar-refractivity contribution is 4.83. The van der Waals surface area contributed by atoms with E-state index in [0.29, 0.717) is 24.3 Å². The van der Waals surface area contributed by atoms with Crippen LogP contribution in [0.25, 0.3) is 0 Å². The van der Waals surface area contributed by atoms with Crippen LogP contribution in [0.3, 0.4) is 0 Å². The predicted octanol–water partition coefficient (Wildman–Crippen LogP) is 1.25. The summed E-state index contributed by atoms with van der Waals surface area (Å²) in [7, 11) is 1.82. The molecule has 0 radical (unpaired) electrons. The Morgan fingerprint density at radius 1 is 1.39 bits per heavy atom. The molecule has 0 spiro atoms. The van der Waals surface area contributed by atoms with E-state index in [9.17, 15) is 0 Å². The average molecular weight is 256 g/mol. The Hall–Kier alpha value is -0.160. The smallest absolute Gasteiger partial charge is 0.0826 e. The minimum absolute atomic E-state index is 0.350. The number of methoxy groups -OCH3 is 1. The first kappa shape index (κ1) is 14.3. The van der Waals surface area contributed by atoms with Crippen LogP contribution in [-0.4, -0.2) is 62.5 Å². The van der Waals surface area contributed by atoms with Gasteiger partial charge in [0.05, 0.1) is 18.8 Å². The van der Waals surface area contributed by atoms with Gasteiger partial charge in [-0.15, -0.1) is 0 Å². The Bertz CT molecular complexity index is 248. The molecule has 4 heteroatoms. The first-order chi connectivity index (χ1) is 8.69.